The van der Waals surface area contributed by atoms with Gasteiger partial charge in [-0.15, -0.1) is 0 Å². The average molecular weight is 383 g/mol. The Morgan fingerprint density at radius 3 is 2.71 bits per heavy atom. The number of nitrogens with one attached hydrogen (secondary N) is 1. The first-order chi connectivity index (χ1) is 13.6. The van der Waals surface area contributed by atoms with Crippen LogP contribution in [0.2, 0.25) is 0 Å². The van der Waals surface area contributed by atoms with E-state index >= 15 is 0 Å². The molecular weight excluding hydrogens is 358 g/mol. The lowest BCUT2D eigenvalue weighted by Gasteiger charge is -2.26. The van der Waals surface area contributed by atoms with Gasteiger partial charge in [-0.05, 0) is 37.6 Å². The number of hydrogen-bond donors (Lipinski definition) is 1. The number of hydrogen-bond acceptors (Lipinski definition) is 6. The normalized spacial score (nSPS) is 14.5. The zero-order valence-corrected chi connectivity index (χ0v) is 16.3. The molecule has 0 saturated carbocycles. The van der Waals surface area contributed by atoms with Crippen molar-refractivity contribution in [3.05, 3.63) is 45.9 Å². The molecule has 0 bridgehead atoms. The van der Waals surface area contributed by atoms with Crippen LogP contribution in [0, 0.1) is 18.3 Å². The van der Waals surface area contributed by atoms with Gasteiger partial charge in [-0.1, -0.05) is 6.07 Å². The number of morpholine rings is 1. The number of aromatic nitrogens is 1. The summed E-state index contributed by atoms with van der Waals surface area (Å²) >= 11 is 0. The molecule has 1 saturated heterocycles. The topological polar surface area (TPSA) is 87.6 Å². The fraction of sp³-hybridized carbons (Fsp3) is 0.429. The van der Waals surface area contributed by atoms with Gasteiger partial charge in [0.25, 0.3) is 5.56 Å². The van der Waals surface area contributed by atoms with Gasteiger partial charge in [-0.25, -0.2) is 0 Å². The second-order valence-corrected chi connectivity index (χ2v) is 6.58. The SMILES string of the molecule is CCOc1cc(-c2cc(C)[nH]c(=O)c2C#N)ccc1OCCN1CCOCC1. The summed E-state index contributed by atoms with van der Waals surface area (Å²) < 4.78 is 17.1. The minimum Gasteiger partial charge on any atom is -0.490 e. The number of rotatable bonds is 7. The third-order valence-corrected chi connectivity index (χ3v) is 4.60. The number of nitriles is 1. The van der Waals surface area contributed by atoms with E-state index in [1.54, 1.807) is 13.0 Å². The lowest BCUT2D eigenvalue weighted by Crippen LogP contribution is -2.38. The molecule has 7 nitrogen and oxygen atoms in total. The minimum absolute atomic E-state index is 0.0917. The average Bonchev–Trinajstić information content (AvgIpc) is 2.69. The van der Waals surface area contributed by atoms with Crippen LogP contribution in [0.25, 0.3) is 11.1 Å². The quantitative estimate of drug-likeness (QED) is 0.790. The first-order valence-corrected chi connectivity index (χ1v) is 9.46. The minimum atomic E-state index is -0.388. The lowest BCUT2D eigenvalue weighted by molar-refractivity contribution is 0.0321. The molecule has 1 aromatic carbocycles. The van der Waals surface area contributed by atoms with Crippen LogP contribution in [0.4, 0.5) is 0 Å². The molecule has 1 N–H and O–H groups in total. The smallest absolute Gasteiger partial charge is 0.266 e. The Morgan fingerprint density at radius 1 is 1.21 bits per heavy atom. The van der Waals surface area contributed by atoms with E-state index in [1.165, 1.54) is 0 Å². The zero-order chi connectivity index (χ0) is 19.9. The summed E-state index contributed by atoms with van der Waals surface area (Å²) in [5.41, 5.74) is 1.73. The molecular formula is C21H25N3O4. The van der Waals surface area contributed by atoms with Crippen molar-refractivity contribution in [2.75, 3.05) is 46.1 Å². The van der Waals surface area contributed by atoms with Crippen molar-refractivity contribution in [1.82, 2.24) is 9.88 Å². The van der Waals surface area contributed by atoms with Crippen LogP contribution in [-0.2, 0) is 4.74 Å². The summed E-state index contributed by atoms with van der Waals surface area (Å²) in [5, 5.41) is 9.38. The number of aryl methyl sites for hydroxylation is 1. The van der Waals surface area contributed by atoms with Crippen LogP contribution in [0.3, 0.4) is 0 Å². The highest BCUT2D eigenvalue weighted by Crippen LogP contribution is 2.33. The molecule has 3 rings (SSSR count). The molecule has 148 valence electrons. The van der Waals surface area contributed by atoms with E-state index < -0.39 is 0 Å². The van der Waals surface area contributed by atoms with E-state index in [2.05, 4.69) is 9.88 Å². The predicted molar refractivity (Wildman–Crippen MR) is 106 cm³/mol. The molecule has 28 heavy (non-hydrogen) atoms. The second kappa shape index (κ2) is 9.40. The number of nitrogens with zero attached hydrogens (tertiary/aromatic N) is 2. The largest absolute Gasteiger partial charge is 0.490 e. The molecule has 1 fully saturated rings. The Labute approximate surface area is 164 Å². The lowest BCUT2D eigenvalue weighted by atomic mass is 10.0. The van der Waals surface area contributed by atoms with Crippen molar-refractivity contribution in [2.45, 2.75) is 13.8 Å². The van der Waals surface area contributed by atoms with Crippen molar-refractivity contribution in [3.63, 3.8) is 0 Å². The Kier molecular flexibility index (Phi) is 6.69. The molecule has 1 aliphatic rings. The van der Waals surface area contributed by atoms with Gasteiger partial charge in [-0.3, -0.25) is 9.69 Å². The zero-order valence-electron chi connectivity index (χ0n) is 16.3. The van der Waals surface area contributed by atoms with Crippen molar-refractivity contribution >= 4 is 0 Å². The molecule has 1 aromatic heterocycles. The van der Waals surface area contributed by atoms with Gasteiger partial charge in [-0.2, -0.15) is 5.26 Å². The maximum atomic E-state index is 12.1. The molecule has 1 aliphatic heterocycles. The molecule has 0 radical (unpaired) electrons. The highest BCUT2D eigenvalue weighted by molar-refractivity contribution is 5.72. The second-order valence-electron chi connectivity index (χ2n) is 6.58. The van der Waals surface area contributed by atoms with E-state index in [0.717, 1.165) is 38.4 Å². The van der Waals surface area contributed by atoms with Crippen LogP contribution in [-0.4, -0.2) is 55.9 Å². The van der Waals surface area contributed by atoms with Crippen LogP contribution >= 0.6 is 0 Å². The number of aromatic amines is 1. The maximum Gasteiger partial charge on any atom is 0.266 e. The van der Waals surface area contributed by atoms with Gasteiger partial charge in [0, 0.05) is 30.9 Å². The first kappa shape index (κ1) is 19.9. The summed E-state index contributed by atoms with van der Waals surface area (Å²) in [4.78, 5) is 17.1. The molecule has 0 atom stereocenters. The standard InChI is InChI=1S/C21H25N3O4/c1-3-27-20-13-16(17-12-15(2)23-21(25)18(17)14-22)4-5-19(20)28-11-8-24-6-9-26-10-7-24/h4-5,12-13H,3,6-11H2,1-2H3,(H,23,25). The highest BCUT2D eigenvalue weighted by atomic mass is 16.5. The van der Waals surface area contributed by atoms with Crippen LogP contribution in [0.1, 0.15) is 18.2 Å². The van der Waals surface area contributed by atoms with Gasteiger partial charge in [0.1, 0.15) is 18.2 Å². The number of ether oxygens (including phenoxy) is 3. The maximum absolute atomic E-state index is 12.1. The van der Waals surface area contributed by atoms with Crippen LogP contribution in [0.5, 0.6) is 11.5 Å². The molecule has 0 amide bonds. The third kappa shape index (κ3) is 4.71. The Bertz CT molecular complexity index is 911. The van der Waals surface area contributed by atoms with Gasteiger partial charge in [0.15, 0.2) is 11.5 Å². The molecule has 2 aromatic rings. The van der Waals surface area contributed by atoms with Crippen molar-refractivity contribution in [2.24, 2.45) is 0 Å². The summed E-state index contributed by atoms with van der Waals surface area (Å²) in [5.74, 6) is 1.25. The van der Waals surface area contributed by atoms with E-state index in [1.807, 2.05) is 31.2 Å². The summed E-state index contributed by atoms with van der Waals surface area (Å²) in [7, 11) is 0. The molecule has 0 spiro atoms. The molecule has 7 heteroatoms. The number of benzene rings is 1. The summed E-state index contributed by atoms with van der Waals surface area (Å²) in [6.45, 7) is 8.91. The Hall–Kier alpha value is -2.82. The molecule has 0 unspecified atom stereocenters. The summed E-state index contributed by atoms with van der Waals surface area (Å²) in [6.07, 6.45) is 0. The fourth-order valence-corrected chi connectivity index (χ4v) is 3.20. The number of H-pyrrole nitrogens is 1. The predicted octanol–water partition coefficient (Wildman–Crippen LogP) is 2.33. The highest BCUT2D eigenvalue weighted by Gasteiger charge is 2.15. The number of pyridine rings is 1. The summed E-state index contributed by atoms with van der Waals surface area (Å²) in [6, 6.07) is 9.29. The molecule has 0 aliphatic carbocycles. The van der Waals surface area contributed by atoms with Crippen molar-refractivity contribution in [3.8, 4) is 28.7 Å². The van der Waals surface area contributed by atoms with Crippen LogP contribution < -0.4 is 15.0 Å². The van der Waals surface area contributed by atoms with Gasteiger partial charge in [0.05, 0.1) is 19.8 Å². The van der Waals surface area contributed by atoms with E-state index in [4.69, 9.17) is 14.2 Å². The van der Waals surface area contributed by atoms with Gasteiger partial charge >= 0.3 is 0 Å². The first-order valence-electron chi connectivity index (χ1n) is 9.46. The van der Waals surface area contributed by atoms with E-state index in [0.29, 0.717) is 36.0 Å². The van der Waals surface area contributed by atoms with Crippen molar-refractivity contribution in [1.29, 1.82) is 5.26 Å². The van der Waals surface area contributed by atoms with Crippen molar-refractivity contribution < 1.29 is 14.2 Å². The third-order valence-electron chi connectivity index (χ3n) is 4.60. The van der Waals surface area contributed by atoms with Crippen LogP contribution in [0.15, 0.2) is 29.1 Å². The molecule has 2 heterocycles. The Balaban J connectivity index is 1.81. The Morgan fingerprint density at radius 2 is 2.00 bits per heavy atom. The fourth-order valence-electron chi connectivity index (χ4n) is 3.20. The van der Waals surface area contributed by atoms with E-state index in [9.17, 15) is 10.1 Å². The van der Waals surface area contributed by atoms with Gasteiger partial charge in [0.2, 0.25) is 0 Å². The monoisotopic (exact) mass is 383 g/mol. The van der Waals surface area contributed by atoms with Gasteiger partial charge < -0.3 is 19.2 Å². The van der Waals surface area contributed by atoms with E-state index in [-0.39, 0.29) is 11.1 Å².